The second-order valence-electron chi connectivity index (χ2n) is 9.49. The van der Waals surface area contributed by atoms with E-state index in [2.05, 4.69) is 26.5 Å². The van der Waals surface area contributed by atoms with Gasteiger partial charge in [0.15, 0.2) is 0 Å². The fraction of sp³-hybridized carbons (Fsp3) is 0.258. The lowest BCUT2D eigenvalue weighted by molar-refractivity contribution is -0.149. The number of carbonyl (C=O) groups is 3. The van der Waals surface area contributed by atoms with Gasteiger partial charge < -0.3 is 25.0 Å². The molecule has 222 valence electrons. The van der Waals surface area contributed by atoms with Crippen LogP contribution in [0.25, 0.3) is 0 Å². The van der Waals surface area contributed by atoms with Crippen LogP contribution in [0, 0.1) is 24.1 Å². The number of likely N-dealkylation sites (tertiary alicyclic amines) is 1. The van der Waals surface area contributed by atoms with E-state index in [0.29, 0.717) is 38.1 Å². The SMILES string of the molecule is C#Cc1ccc(NC(=O)c2cc(Cl)cc(OC)c2NC(=O)c2ccc(N=CN3CCC(C(=O)OCC)CC3)c(F)c2)nc1. The normalized spacial score (nSPS) is 13.3. The summed E-state index contributed by atoms with van der Waals surface area (Å²) < 4.78 is 25.4. The van der Waals surface area contributed by atoms with Crippen molar-refractivity contribution in [2.24, 2.45) is 10.9 Å². The molecule has 1 aliphatic rings. The van der Waals surface area contributed by atoms with Gasteiger partial charge in [0.1, 0.15) is 23.1 Å². The third kappa shape index (κ3) is 7.87. The van der Waals surface area contributed by atoms with E-state index >= 15 is 0 Å². The number of piperidine rings is 1. The molecule has 1 aliphatic heterocycles. The highest BCUT2D eigenvalue weighted by molar-refractivity contribution is 6.31. The number of amides is 2. The average Bonchev–Trinajstić information content (AvgIpc) is 3.01. The van der Waals surface area contributed by atoms with Gasteiger partial charge in [0.05, 0.1) is 37.2 Å². The van der Waals surface area contributed by atoms with Gasteiger partial charge in [0.25, 0.3) is 11.8 Å². The number of aliphatic imine (C=N–C) groups is 1. The number of hydrogen-bond donors (Lipinski definition) is 2. The Labute approximate surface area is 253 Å². The molecule has 43 heavy (non-hydrogen) atoms. The van der Waals surface area contributed by atoms with Crippen molar-refractivity contribution in [3.63, 3.8) is 0 Å². The van der Waals surface area contributed by atoms with Crippen molar-refractivity contribution >= 4 is 52.9 Å². The first-order valence-electron chi connectivity index (χ1n) is 13.4. The van der Waals surface area contributed by atoms with Crippen molar-refractivity contribution in [1.82, 2.24) is 9.88 Å². The van der Waals surface area contributed by atoms with Crippen LogP contribution in [-0.4, -0.2) is 60.8 Å². The number of esters is 1. The van der Waals surface area contributed by atoms with Crippen molar-refractivity contribution in [2.45, 2.75) is 19.8 Å². The molecule has 0 radical (unpaired) electrons. The summed E-state index contributed by atoms with van der Waals surface area (Å²) in [7, 11) is 1.36. The molecule has 3 aromatic rings. The fourth-order valence-corrected chi connectivity index (χ4v) is 4.59. The molecule has 4 rings (SSSR count). The first-order valence-corrected chi connectivity index (χ1v) is 13.8. The van der Waals surface area contributed by atoms with Crippen LogP contribution in [0.2, 0.25) is 5.02 Å². The largest absolute Gasteiger partial charge is 0.494 e. The molecule has 2 amide bonds. The average molecular weight is 606 g/mol. The number of terminal acetylenes is 1. The van der Waals surface area contributed by atoms with Crippen molar-refractivity contribution in [1.29, 1.82) is 0 Å². The second-order valence-corrected chi connectivity index (χ2v) is 9.92. The molecule has 12 heteroatoms. The smallest absolute Gasteiger partial charge is 0.309 e. The maximum atomic E-state index is 15.0. The van der Waals surface area contributed by atoms with Gasteiger partial charge in [-0.1, -0.05) is 17.5 Å². The van der Waals surface area contributed by atoms with Gasteiger partial charge in [-0.3, -0.25) is 14.4 Å². The summed E-state index contributed by atoms with van der Waals surface area (Å²) in [6, 6.07) is 9.78. The summed E-state index contributed by atoms with van der Waals surface area (Å²) in [5, 5.41) is 5.44. The van der Waals surface area contributed by atoms with E-state index in [0.717, 1.165) is 6.07 Å². The van der Waals surface area contributed by atoms with Crippen molar-refractivity contribution in [3.8, 4) is 18.1 Å². The first-order chi connectivity index (χ1) is 20.7. The third-order valence-electron chi connectivity index (χ3n) is 6.66. The zero-order valence-corrected chi connectivity index (χ0v) is 24.3. The van der Waals surface area contributed by atoms with Gasteiger partial charge >= 0.3 is 5.97 Å². The monoisotopic (exact) mass is 605 g/mol. The van der Waals surface area contributed by atoms with Crippen LogP contribution in [0.15, 0.2) is 53.7 Å². The fourth-order valence-electron chi connectivity index (χ4n) is 4.38. The molecule has 0 atom stereocenters. The van der Waals surface area contributed by atoms with E-state index < -0.39 is 17.6 Å². The van der Waals surface area contributed by atoms with E-state index in [1.54, 1.807) is 13.0 Å². The molecule has 2 N–H and O–H groups in total. The highest BCUT2D eigenvalue weighted by Gasteiger charge is 2.25. The quantitative estimate of drug-likeness (QED) is 0.147. The summed E-state index contributed by atoms with van der Waals surface area (Å²) in [4.78, 5) is 48.5. The minimum Gasteiger partial charge on any atom is -0.494 e. The molecular formula is C31H29ClFN5O5. The van der Waals surface area contributed by atoms with E-state index in [1.807, 2.05) is 4.90 Å². The Balaban J connectivity index is 1.47. The Morgan fingerprint density at radius 1 is 1.16 bits per heavy atom. The van der Waals surface area contributed by atoms with Crippen LogP contribution in [0.1, 0.15) is 46.0 Å². The van der Waals surface area contributed by atoms with E-state index in [-0.39, 0.29) is 51.0 Å². The molecule has 1 fully saturated rings. The number of nitrogens with zero attached hydrogens (tertiary/aromatic N) is 3. The standard InChI is InChI=1S/C31H29ClFN5O5/c1-4-19-6-9-27(34-17-19)36-30(40)23-15-22(32)16-26(42-3)28(23)37-29(39)21-7-8-25(24(33)14-21)35-18-38-12-10-20(11-13-38)31(41)43-5-2/h1,6-9,14-18,20H,5,10-13H2,2-3H3,(H,37,39)(H,34,36,40). The molecule has 2 aromatic carbocycles. The lowest BCUT2D eigenvalue weighted by Gasteiger charge is -2.29. The number of benzene rings is 2. The number of aromatic nitrogens is 1. The Bertz CT molecular complexity index is 1580. The highest BCUT2D eigenvalue weighted by Crippen LogP contribution is 2.34. The van der Waals surface area contributed by atoms with Gasteiger partial charge in [-0.15, -0.1) is 6.42 Å². The molecule has 2 heterocycles. The lowest BCUT2D eigenvalue weighted by atomic mass is 9.97. The Kier molecular flexibility index (Phi) is 10.3. The maximum absolute atomic E-state index is 15.0. The topological polar surface area (TPSA) is 122 Å². The molecule has 0 aliphatic carbocycles. The number of anilines is 2. The molecular weight excluding hydrogens is 577 g/mol. The molecule has 10 nitrogen and oxygen atoms in total. The molecule has 1 saturated heterocycles. The van der Waals surface area contributed by atoms with Crippen LogP contribution >= 0.6 is 11.6 Å². The summed E-state index contributed by atoms with van der Waals surface area (Å²) in [6.45, 7) is 3.29. The summed E-state index contributed by atoms with van der Waals surface area (Å²) in [5.41, 5.74) is 0.588. The summed E-state index contributed by atoms with van der Waals surface area (Å²) >= 11 is 6.20. The number of rotatable bonds is 9. The number of pyridine rings is 1. The maximum Gasteiger partial charge on any atom is 0.309 e. The zero-order chi connectivity index (χ0) is 30.9. The lowest BCUT2D eigenvalue weighted by Crippen LogP contribution is -2.36. The van der Waals surface area contributed by atoms with Gasteiger partial charge in [-0.05, 0) is 56.2 Å². The molecule has 1 aromatic heterocycles. The molecule has 0 unspecified atom stereocenters. The van der Waals surface area contributed by atoms with Gasteiger partial charge in [-0.25, -0.2) is 14.4 Å². The third-order valence-corrected chi connectivity index (χ3v) is 6.88. The van der Waals surface area contributed by atoms with E-state index in [1.165, 1.54) is 50.0 Å². The number of halogens is 2. The molecule has 0 saturated carbocycles. The van der Waals surface area contributed by atoms with E-state index in [9.17, 15) is 18.8 Å². The van der Waals surface area contributed by atoms with E-state index in [4.69, 9.17) is 27.5 Å². The second kappa shape index (κ2) is 14.3. The predicted molar refractivity (Wildman–Crippen MR) is 162 cm³/mol. The summed E-state index contributed by atoms with van der Waals surface area (Å²) in [5.74, 6) is 0.400. The molecule has 0 bridgehead atoms. The number of ether oxygens (including phenoxy) is 2. The summed E-state index contributed by atoms with van der Waals surface area (Å²) in [6.07, 6.45) is 9.54. The Hall–Kier alpha value is -4.95. The van der Waals surface area contributed by atoms with Crippen LogP contribution in [0.4, 0.5) is 21.6 Å². The van der Waals surface area contributed by atoms with Crippen LogP contribution < -0.4 is 15.4 Å². The minimum atomic E-state index is -0.715. The van der Waals surface area contributed by atoms with Crippen molar-refractivity contribution in [2.75, 3.05) is 37.4 Å². The highest BCUT2D eigenvalue weighted by atomic mass is 35.5. The number of methoxy groups -OCH3 is 1. The zero-order valence-electron chi connectivity index (χ0n) is 23.5. The Morgan fingerprint density at radius 2 is 1.93 bits per heavy atom. The number of hydrogen-bond acceptors (Lipinski definition) is 7. The Morgan fingerprint density at radius 3 is 2.56 bits per heavy atom. The van der Waals surface area contributed by atoms with Crippen LogP contribution in [-0.2, 0) is 9.53 Å². The first kappa shape index (κ1) is 31.0. The number of carbonyl (C=O) groups excluding carboxylic acids is 3. The van der Waals surface area contributed by atoms with Gasteiger partial charge in [-0.2, -0.15) is 0 Å². The minimum absolute atomic E-state index is 0.00561. The van der Waals surface area contributed by atoms with Gasteiger partial charge in [0.2, 0.25) is 0 Å². The van der Waals surface area contributed by atoms with Crippen LogP contribution in [0.5, 0.6) is 5.75 Å². The van der Waals surface area contributed by atoms with Crippen LogP contribution in [0.3, 0.4) is 0 Å². The number of nitrogens with one attached hydrogen (secondary N) is 2. The van der Waals surface area contributed by atoms with Crippen molar-refractivity contribution in [3.05, 3.63) is 76.2 Å². The van der Waals surface area contributed by atoms with Crippen molar-refractivity contribution < 1.29 is 28.2 Å². The van der Waals surface area contributed by atoms with Gasteiger partial charge in [0, 0.05) is 41.5 Å². The molecule has 0 spiro atoms. The predicted octanol–water partition coefficient (Wildman–Crippen LogP) is 5.30.